The van der Waals surface area contributed by atoms with Gasteiger partial charge in [0, 0.05) is 19.3 Å². The Hall–Kier alpha value is -1.46. The fourth-order valence-corrected chi connectivity index (χ4v) is 1.67. The van der Waals surface area contributed by atoms with Crippen LogP contribution in [0, 0.1) is 0 Å². The van der Waals surface area contributed by atoms with E-state index in [1.807, 2.05) is 18.7 Å². The van der Waals surface area contributed by atoms with Crippen molar-refractivity contribution in [2.24, 2.45) is 0 Å². The topological polar surface area (TPSA) is 42.2 Å². The average molecular weight is 261 g/mol. The summed E-state index contributed by atoms with van der Waals surface area (Å²) >= 11 is 0. The van der Waals surface area contributed by atoms with Crippen LogP contribution in [-0.2, 0) is 6.18 Å². The molecular weight excluding hydrogens is 243 g/mol. The van der Waals surface area contributed by atoms with Crippen LogP contribution in [0.25, 0.3) is 0 Å². The number of hydrogen-bond acceptors (Lipinski definition) is 3. The molecule has 0 unspecified atom stereocenters. The Morgan fingerprint density at radius 2 is 2.00 bits per heavy atom. The van der Waals surface area contributed by atoms with Gasteiger partial charge < -0.3 is 10.6 Å². The van der Waals surface area contributed by atoms with Gasteiger partial charge in [-0.15, -0.1) is 0 Å². The number of nitrogens with two attached hydrogens (primary N) is 1. The highest BCUT2D eigenvalue weighted by atomic mass is 19.4. The van der Waals surface area contributed by atoms with E-state index in [4.69, 9.17) is 5.73 Å². The van der Waals surface area contributed by atoms with Crippen molar-refractivity contribution < 1.29 is 13.2 Å². The first-order valence-electron chi connectivity index (χ1n) is 5.97. The van der Waals surface area contributed by atoms with Crippen LogP contribution in [0.4, 0.5) is 24.7 Å². The van der Waals surface area contributed by atoms with Gasteiger partial charge in [0.1, 0.15) is 5.82 Å². The van der Waals surface area contributed by atoms with Gasteiger partial charge in [-0.3, -0.25) is 0 Å². The number of halogens is 3. The number of rotatable bonds is 5. The van der Waals surface area contributed by atoms with Crippen LogP contribution >= 0.6 is 0 Å². The van der Waals surface area contributed by atoms with Gasteiger partial charge in [-0.1, -0.05) is 13.3 Å². The van der Waals surface area contributed by atoms with Crippen LogP contribution in [-0.4, -0.2) is 18.1 Å². The van der Waals surface area contributed by atoms with E-state index < -0.39 is 11.7 Å². The Morgan fingerprint density at radius 3 is 2.50 bits per heavy atom. The molecule has 0 aliphatic heterocycles. The average Bonchev–Trinajstić information content (AvgIpc) is 2.30. The van der Waals surface area contributed by atoms with Gasteiger partial charge >= 0.3 is 6.18 Å². The van der Waals surface area contributed by atoms with Crippen LogP contribution in [0.5, 0.6) is 0 Å². The third-order valence-corrected chi connectivity index (χ3v) is 2.73. The summed E-state index contributed by atoms with van der Waals surface area (Å²) < 4.78 is 37.9. The first kappa shape index (κ1) is 14.6. The first-order valence-corrected chi connectivity index (χ1v) is 5.97. The van der Waals surface area contributed by atoms with Gasteiger partial charge in [0.05, 0.1) is 11.3 Å². The number of pyridine rings is 1. The summed E-state index contributed by atoms with van der Waals surface area (Å²) in [5.74, 6) is 0.140. The van der Waals surface area contributed by atoms with Crippen molar-refractivity contribution in [3.05, 3.63) is 17.8 Å². The standard InChI is InChI=1S/C12H18F3N3/c1-3-5-6-18(4-2)10-7-9(12(13,14)15)8-17-11(10)16/h7-8H,3-6H2,1-2H3,(H2,16,17). The molecule has 1 aromatic rings. The van der Waals surface area contributed by atoms with Crippen molar-refractivity contribution in [3.8, 4) is 0 Å². The predicted molar refractivity (Wildman–Crippen MR) is 66.4 cm³/mol. The van der Waals surface area contributed by atoms with Crippen LogP contribution in [0.15, 0.2) is 12.3 Å². The minimum absolute atomic E-state index is 0.140. The second kappa shape index (κ2) is 5.93. The third kappa shape index (κ3) is 3.51. The minimum Gasteiger partial charge on any atom is -0.382 e. The van der Waals surface area contributed by atoms with E-state index in [9.17, 15) is 13.2 Å². The lowest BCUT2D eigenvalue weighted by atomic mass is 10.2. The molecule has 0 amide bonds. The summed E-state index contributed by atoms with van der Waals surface area (Å²) in [4.78, 5) is 5.46. The van der Waals surface area contributed by atoms with Crippen molar-refractivity contribution in [2.45, 2.75) is 32.9 Å². The Kier molecular flexibility index (Phi) is 4.81. The second-order valence-electron chi connectivity index (χ2n) is 4.06. The molecule has 18 heavy (non-hydrogen) atoms. The van der Waals surface area contributed by atoms with Crippen LogP contribution in [0.1, 0.15) is 32.3 Å². The molecule has 0 aliphatic rings. The van der Waals surface area contributed by atoms with E-state index in [2.05, 4.69) is 4.98 Å². The number of hydrogen-bond donors (Lipinski definition) is 1. The number of alkyl halides is 3. The van der Waals surface area contributed by atoms with Crippen molar-refractivity contribution in [1.29, 1.82) is 0 Å². The van der Waals surface area contributed by atoms with E-state index in [0.29, 0.717) is 18.8 Å². The highest BCUT2D eigenvalue weighted by Gasteiger charge is 2.32. The predicted octanol–water partition coefficient (Wildman–Crippen LogP) is 3.31. The molecule has 2 N–H and O–H groups in total. The summed E-state index contributed by atoms with van der Waals surface area (Å²) in [6.07, 6.45) is -1.74. The molecule has 1 rings (SSSR count). The zero-order valence-electron chi connectivity index (χ0n) is 10.6. The monoisotopic (exact) mass is 261 g/mol. The normalized spacial score (nSPS) is 11.6. The smallest absolute Gasteiger partial charge is 0.382 e. The van der Waals surface area contributed by atoms with Gasteiger partial charge in [-0.05, 0) is 19.4 Å². The number of nitrogen functional groups attached to an aromatic ring is 1. The molecule has 0 saturated carbocycles. The highest BCUT2D eigenvalue weighted by Crippen LogP contribution is 2.33. The first-order chi connectivity index (χ1) is 8.40. The molecular formula is C12H18F3N3. The molecule has 0 bridgehead atoms. The molecule has 1 aromatic heterocycles. The second-order valence-corrected chi connectivity index (χ2v) is 4.06. The number of nitrogens with zero attached hydrogens (tertiary/aromatic N) is 2. The van der Waals surface area contributed by atoms with Gasteiger partial charge in [0.2, 0.25) is 0 Å². The van der Waals surface area contributed by atoms with Crippen molar-refractivity contribution in [3.63, 3.8) is 0 Å². The lowest BCUT2D eigenvalue weighted by molar-refractivity contribution is -0.137. The number of anilines is 2. The SMILES string of the molecule is CCCCN(CC)c1cc(C(F)(F)F)cnc1N. The van der Waals surface area contributed by atoms with Gasteiger partial charge in [0.25, 0.3) is 0 Å². The van der Waals surface area contributed by atoms with Gasteiger partial charge in [-0.2, -0.15) is 13.2 Å². The fraction of sp³-hybridized carbons (Fsp3) is 0.583. The fourth-order valence-electron chi connectivity index (χ4n) is 1.67. The summed E-state index contributed by atoms with van der Waals surface area (Å²) in [7, 11) is 0. The molecule has 1 heterocycles. The van der Waals surface area contributed by atoms with Gasteiger partial charge in [0.15, 0.2) is 0 Å². The van der Waals surface area contributed by atoms with Crippen molar-refractivity contribution in [2.75, 3.05) is 23.7 Å². The largest absolute Gasteiger partial charge is 0.417 e. The lowest BCUT2D eigenvalue weighted by Gasteiger charge is -2.24. The summed E-state index contributed by atoms with van der Waals surface area (Å²) in [6, 6.07) is 1.07. The van der Waals surface area contributed by atoms with E-state index in [1.165, 1.54) is 0 Å². The Balaban J connectivity index is 3.05. The molecule has 102 valence electrons. The molecule has 0 saturated heterocycles. The Labute approximate surface area is 105 Å². The molecule has 0 aliphatic carbocycles. The molecule has 0 spiro atoms. The van der Waals surface area contributed by atoms with Crippen LogP contribution < -0.4 is 10.6 Å². The minimum atomic E-state index is -4.39. The Bertz CT molecular complexity index is 391. The third-order valence-electron chi connectivity index (χ3n) is 2.73. The zero-order chi connectivity index (χ0) is 13.8. The lowest BCUT2D eigenvalue weighted by Crippen LogP contribution is -2.25. The van der Waals surface area contributed by atoms with Crippen LogP contribution in [0.3, 0.4) is 0 Å². The zero-order valence-corrected chi connectivity index (χ0v) is 10.6. The van der Waals surface area contributed by atoms with E-state index in [-0.39, 0.29) is 5.82 Å². The van der Waals surface area contributed by atoms with E-state index >= 15 is 0 Å². The molecule has 0 fully saturated rings. The molecule has 0 radical (unpaired) electrons. The summed E-state index contributed by atoms with van der Waals surface area (Å²) in [5.41, 5.74) is 5.26. The maximum atomic E-state index is 12.6. The summed E-state index contributed by atoms with van der Waals surface area (Å²) in [6.45, 7) is 5.20. The molecule has 3 nitrogen and oxygen atoms in total. The molecule has 0 aromatic carbocycles. The van der Waals surface area contributed by atoms with E-state index in [0.717, 1.165) is 25.1 Å². The highest BCUT2D eigenvalue weighted by molar-refractivity contribution is 5.64. The van der Waals surface area contributed by atoms with Gasteiger partial charge in [-0.25, -0.2) is 4.98 Å². The quantitative estimate of drug-likeness (QED) is 0.884. The summed E-state index contributed by atoms with van der Waals surface area (Å²) in [5, 5.41) is 0. The molecule has 0 atom stereocenters. The van der Waals surface area contributed by atoms with Crippen LogP contribution in [0.2, 0.25) is 0 Å². The molecule has 6 heteroatoms. The van der Waals surface area contributed by atoms with E-state index in [1.54, 1.807) is 0 Å². The maximum absolute atomic E-state index is 12.6. The maximum Gasteiger partial charge on any atom is 0.417 e. The van der Waals surface area contributed by atoms with Crippen molar-refractivity contribution in [1.82, 2.24) is 4.98 Å². The number of aromatic nitrogens is 1. The number of unbranched alkanes of at least 4 members (excludes halogenated alkanes) is 1. The Morgan fingerprint density at radius 1 is 1.33 bits per heavy atom. The van der Waals surface area contributed by atoms with Crippen molar-refractivity contribution >= 4 is 11.5 Å².